The number of halogens is 2. The van der Waals surface area contributed by atoms with Gasteiger partial charge in [-0.05, 0) is 31.2 Å². The first-order valence-electron chi connectivity index (χ1n) is 7.86. The Morgan fingerprint density at radius 2 is 2.04 bits per heavy atom. The third-order valence-corrected chi connectivity index (χ3v) is 4.02. The number of rotatable bonds is 6. The second-order valence-electron chi connectivity index (χ2n) is 5.42. The molecule has 0 aliphatic heterocycles. The van der Waals surface area contributed by atoms with Gasteiger partial charge in [-0.2, -0.15) is 5.10 Å². The number of amides is 1. The predicted octanol–water partition coefficient (Wildman–Crippen LogP) is 3.12. The van der Waals surface area contributed by atoms with E-state index >= 15 is 0 Å². The Labute approximate surface area is 160 Å². The van der Waals surface area contributed by atoms with Gasteiger partial charge in [0.05, 0.1) is 10.6 Å². The number of aryl methyl sites for hydroxylation is 1. The third kappa shape index (κ3) is 4.50. The SMILES string of the molecule is Cc1nc(NCCNC(=O)c2cc(Cl)ccc2Cl)cc(-n2cccn2)n1. The minimum Gasteiger partial charge on any atom is -0.368 e. The van der Waals surface area contributed by atoms with E-state index < -0.39 is 0 Å². The molecule has 26 heavy (non-hydrogen) atoms. The molecule has 0 radical (unpaired) electrons. The van der Waals surface area contributed by atoms with Gasteiger partial charge in [0.2, 0.25) is 0 Å². The maximum Gasteiger partial charge on any atom is 0.252 e. The molecule has 0 fully saturated rings. The Bertz CT molecular complexity index is 914. The van der Waals surface area contributed by atoms with E-state index in [4.69, 9.17) is 23.2 Å². The summed E-state index contributed by atoms with van der Waals surface area (Å²) >= 11 is 11.9. The Morgan fingerprint density at radius 3 is 2.81 bits per heavy atom. The van der Waals surface area contributed by atoms with Gasteiger partial charge in [-0.1, -0.05) is 23.2 Å². The van der Waals surface area contributed by atoms with E-state index in [-0.39, 0.29) is 5.91 Å². The summed E-state index contributed by atoms with van der Waals surface area (Å²) in [5, 5.41) is 10.9. The van der Waals surface area contributed by atoms with Gasteiger partial charge in [-0.25, -0.2) is 14.6 Å². The van der Waals surface area contributed by atoms with Gasteiger partial charge in [-0.15, -0.1) is 0 Å². The average Bonchev–Trinajstić information content (AvgIpc) is 3.15. The van der Waals surface area contributed by atoms with Crippen LogP contribution in [0.5, 0.6) is 0 Å². The number of benzene rings is 1. The zero-order chi connectivity index (χ0) is 18.5. The number of aromatic nitrogens is 4. The van der Waals surface area contributed by atoms with Gasteiger partial charge in [0.25, 0.3) is 5.91 Å². The van der Waals surface area contributed by atoms with Gasteiger partial charge in [0, 0.05) is 36.6 Å². The van der Waals surface area contributed by atoms with E-state index in [0.29, 0.717) is 46.2 Å². The van der Waals surface area contributed by atoms with Crippen molar-refractivity contribution in [3.63, 3.8) is 0 Å². The van der Waals surface area contributed by atoms with Crippen molar-refractivity contribution in [3.05, 3.63) is 64.2 Å². The molecule has 2 N–H and O–H groups in total. The smallest absolute Gasteiger partial charge is 0.252 e. The summed E-state index contributed by atoms with van der Waals surface area (Å²) in [4.78, 5) is 20.8. The summed E-state index contributed by atoms with van der Waals surface area (Å²) in [6.45, 7) is 2.68. The molecule has 0 atom stereocenters. The topological polar surface area (TPSA) is 84.7 Å². The van der Waals surface area contributed by atoms with E-state index in [1.807, 2.05) is 6.07 Å². The van der Waals surface area contributed by atoms with E-state index in [1.165, 1.54) is 6.07 Å². The molecule has 1 amide bonds. The van der Waals surface area contributed by atoms with Crippen LogP contribution in [0.15, 0.2) is 42.7 Å². The molecule has 0 unspecified atom stereocenters. The highest BCUT2D eigenvalue weighted by atomic mass is 35.5. The lowest BCUT2D eigenvalue weighted by molar-refractivity contribution is 0.0955. The van der Waals surface area contributed by atoms with E-state index in [9.17, 15) is 4.79 Å². The van der Waals surface area contributed by atoms with Crippen LogP contribution in [0.3, 0.4) is 0 Å². The first kappa shape index (κ1) is 18.2. The Hall–Kier alpha value is -2.64. The molecule has 0 aliphatic carbocycles. The Kier molecular flexibility index (Phi) is 5.70. The summed E-state index contributed by atoms with van der Waals surface area (Å²) in [6, 6.07) is 8.38. The molecular formula is C17H16Cl2N6O. The molecular weight excluding hydrogens is 375 g/mol. The molecule has 0 aliphatic rings. The summed E-state index contributed by atoms with van der Waals surface area (Å²) < 4.78 is 1.66. The number of nitrogens with one attached hydrogen (secondary N) is 2. The first-order chi connectivity index (χ1) is 12.5. The van der Waals surface area contributed by atoms with Crippen molar-refractivity contribution < 1.29 is 4.79 Å². The molecule has 2 heterocycles. The lowest BCUT2D eigenvalue weighted by atomic mass is 10.2. The molecule has 0 bridgehead atoms. The third-order valence-electron chi connectivity index (χ3n) is 3.45. The fourth-order valence-electron chi connectivity index (χ4n) is 2.30. The summed E-state index contributed by atoms with van der Waals surface area (Å²) in [5.41, 5.74) is 0.345. The highest BCUT2D eigenvalue weighted by Crippen LogP contribution is 2.20. The van der Waals surface area contributed by atoms with E-state index in [0.717, 1.165) is 0 Å². The number of carbonyl (C=O) groups excluding carboxylic acids is 1. The average molecular weight is 391 g/mol. The fraction of sp³-hybridized carbons (Fsp3) is 0.176. The molecule has 9 heteroatoms. The van der Waals surface area contributed by atoms with Crippen molar-refractivity contribution in [1.29, 1.82) is 0 Å². The number of nitrogens with zero attached hydrogens (tertiary/aromatic N) is 4. The lowest BCUT2D eigenvalue weighted by Crippen LogP contribution is -2.29. The Morgan fingerprint density at radius 1 is 1.19 bits per heavy atom. The maximum atomic E-state index is 12.2. The maximum absolute atomic E-state index is 12.2. The Balaban J connectivity index is 1.57. The molecule has 7 nitrogen and oxygen atoms in total. The van der Waals surface area contributed by atoms with Crippen molar-refractivity contribution in [3.8, 4) is 5.82 Å². The molecule has 3 aromatic rings. The number of hydrogen-bond donors (Lipinski definition) is 2. The van der Waals surface area contributed by atoms with Crippen LogP contribution < -0.4 is 10.6 Å². The largest absolute Gasteiger partial charge is 0.368 e. The minimum atomic E-state index is -0.282. The van der Waals surface area contributed by atoms with Gasteiger partial charge < -0.3 is 10.6 Å². The summed E-state index contributed by atoms with van der Waals surface area (Å²) in [7, 11) is 0. The van der Waals surface area contributed by atoms with Crippen LogP contribution in [0.1, 0.15) is 16.2 Å². The van der Waals surface area contributed by atoms with Gasteiger partial charge in [0.1, 0.15) is 11.6 Å². The molecule has 0 saturated carbocycles. The lowest BCUT2D eigenvalue weighted by Gasteiger charge is -2.10. The monoisotopic (exact) mass is 390 g/mol. The number of carbonyl (C=O) groups is 1. The number of hydrogen-bond acceptors (Lipinski definition) is 5. The molecule has 1 aromatic carbocycles. The van der Waals surface area contributed by atoms with Crippen LogP contribution in [0, 0.1) is 6.92 Å². The van der Waals surface area contributed by atoms with Crippen molar-refractivity contribution in [2.75, 3.05) is 18.4 Å². The quantitative estimate of drug-likeness (QED) is 0.631. The zero-order valence-electron chi connectivity index (χ0n) is 13.9. The zero-order valence-corrected chi connectivity index (χ0v) is 15.4. The highest BCUT2D eigenvalue weighted by molar-refractivity contribution is 6.35. The van der Waals surface area contributed by atoms with Crippen molar-refractivity contribution >= 4 is 34.9 Å². The first-order valence-corrected chi connectivity index (χ1v) is 8.61. The van der Waals surface area contributed by atoms with Crippen LogP contribution in [0.25, 0.3) is 5.82 Å². The molecule has 0 spiro atoms. The normalized spacial score (nSPS) is 10.6. The predicted molar refractivity (Wildman–Crippen MR) is 101 cm³/mol. The van der Waals surface area contributed by atoms with Crippen LogP contribution in [0.4, 0.5) is 5.82 Å². The van der Waals surface area contributed by atoms with Crippen LogP contribution in [0.2, 0.25) is 10.0 Å². The van der Waals surface area contributed by atoms with Crippen LogP contribution in [-0.4, -0.2) is 38.7 Å². The number of anilines is 1. The fourth-order valence-corrected chi connectivity index (χ4v) is 2.67. The molecule has 134 valence electrons. The second-order valence-corrected chi connectivity index (χ2v) is 6.26. The van der Waals surface area contributed by atoms with Gasteiger partial charge in [0.15, 0.2) is 5.82 Å². The van der Waals surface area contributed by atoms with E-state index in [1.54, 1.807) is 42.2 Å². The van der Waals surface area contributed by atoms with Gasteiger partial charge >= 0.3 is 0 Å². The van der Waals surface area contributed by atoms with Crippen molar-refractivity contribution in [2.45, 2.75) is 6.92 Å². The van der Waals surface area contributed by atoms with E-state index in [2.05, 4.69) is 25.7 Å². The van der Waals surface area contributed by atoms with Gasteiger partial charge in [-0.3, -0.25) is 4.79 Å². The standard InChI is InChI=1S/C17H16Cl2N6O/c1-11-23-15(10-16(24-11)25-8-2-5-22-25)20-6-7-21-17(26)13-9-12(18)3-4-14(13)19/h2-5,8-10H,6-7H2,1H3,(H,21,26)(H,20,23,24). The molecule has 0 saturated heterocycles. The summed E-state index contributed by atoms with van der Waals surface area (Å²) in [5.74, 6) is 1.66. The molecule has 3 rings (SSSR count). The highest BCUT2D eigenvalue weighted by Gasteiger charge is 2.10. The minimum absolute atomic E-state index is 0.282. The van der Waals surface area contributed by atoms with Crippen molar-refractivity contribution in [1.82, 2.24) is 25.1 Å². The van der Waals surface area contributed by atoms with Crippen LogP contribution in [-0.2, 0) is 0 Å². The van der Waals surface area contributed by atoms with Crippen molar-refractivity contribution in [2.24, 2.45) is 0 Å². The van der Waals surface area contributed by atoms with Crippen LogP contribution >= 0.6 is 23.2 Å². The summed E-state index contributed by atoms with van der Waals surface area (Å²) in [6.07, 6.45) is 3.49. The molecule has 2 aromatic heterocycles. The second kappa shape index (κ2) is 8.16.